The summed E-state index contributed by atoms with van der Waals surface area (Å²) >= 11 is 0. The van der Waals surface area contributed by atoms with E-state index in [0.717, 1.165) is 5.69 Å². The molecule has 0 saturated carbocycles. The number of fused-ring (bicyclic) bond motifs is 1. The van der Waals surface area contributed by atoms with Crippen molar-refractivity contribution in [3.8, 4) is 5.69 Å². The van der Waals surface area contributed by atoms with Crippen LogP contribution in [-0.2, 0) is 4.74 Å². The van der Waals surface area contributed by atoms with Crippen LogP contribution >= 0.6 is 0 Å². The molecule has 1 aromatic carbocycles. The van der Waals surface area contributed by atoms with Crippen LogP contribution in [0.4, 0.5) is 0 Å². The number of benzene rings is 1. The van der Waals surface area contributed by atoms with Crippen LogP contribution in [-0.4, -0.2) is 35.6 Å². The monoisotopic (exact) mass is 348 g/mol. The molecule has 0 N–H and O–H groups in total. The Morgan fingerprint density at radius 2 is 2.00 bits per heavy atom. The average molecular weight is 348 g/mol. The lowest BCUT2D eigenvalue weighted by molar-refractivity contribution is 0.0330. The molecule has 0 unspecified atom stereocenters. The molecule has 26 heavy (non-hydrogen) atoms. The predicted molar refractivity (Wildman–Crippen MR) is 92.9 cm³/mol. The number of carbonyl (C=O) groups is 1. The number of rotatable bonds is 4. The van der Waals surface area contributed by atoms with E-state index in [1.165, 1.54) is 0 Å². The second-order valence-electron chi connectivity index (χ2n) is 5.82. The molecule has 0 radical (unpaired) electrons. The molecule has 0 amide bonds. The van der Waals surface area contributed by atoms with Crippen molar-refractivity contribution in [2.24, 2.45) is 0 Å². The lowest BCUT2D eigenvalue weighted by atomic mass is 10.2. The number of aryl methyl sites for hydroxylation is 1. The third kappa shape index (κ3) is 2.81. The summed E-state index contributed by atoms with van der Waals surface area (Å²) in [5.74, 6) is -0.488. The maximum absolute atomic E-state index is 12.6. The van der Waals surface area contributed by atoms with Crippen LogP contribution in [0.5, 0.6) is 0 Å². The maximum atomic E-state index is 12.6. The van der Waals surface area contributed by atoms with Crippen LogP contribution in [0.2, 0.25) is 0 Å². The van der Waals surface area contributed by atoms with Gasteiger partial charge in [-0.2, -0.15) is 5.10 Å². The number of aromatic nitrogens is 6. The normalized spacial score (nSPS) is 12.2. The van der Waals surface area contributed by atoms with Crippen molar-refractivity contribution in [3.05, 3.63) is 71.9 Å². The summed E-state index contributed by atoms with van der Waals surface area (Å²) in [5.41, 5.74) is 2.83. The van der Waals surface area contributed by atoms with Gasteiger partial charge in [0.2, 0.25) is 0 Å². The largest absolute Gasteiger partial charge is 0.452 e. The zero-order chi connectivity index (χ0) is 18.1. The standard InChI is InChI=1S/C18H16N6O2/c1-12-16(17-19-9-6-10-23(17)21-12)18(25)26-13(2)15-11-24(22-20-15)14-7-4-3-5-8-14/h3-11,13H,1-2H3/t13-/m0/s1. The molecule has 130 valence electrons. The van der Waals surface area contributed by atoms with E-state index >= 15 is 0 Å². The zero-order valence-corrected chi connectivity index (χ0v) is 14.3. The van der Waals surface area contributed by atoms with Gasteiger partial charge in [-0.25, -0.2) is 19.0 Å². The molecule has 0 saturated heterocycles. The predicted octanol–water partition coefficient (Wildman–Crippen LogP) is 2.54. The van der Waals surface area contributed by atoms with Crippen molar-refractivity contribution in [2.75, 3.05) is 0 Å². The van der Waals surface area contributed by atoms with Gasteiger partial charge < -0.3 is 4.74 Å². The first kappa shape index (κ1) is 15.9. The van der Waals surface area contributed by atoms with Gasteiger partial charge in [0.25, 0.3) is 0 Å². The Labute approximate surface area is 149 Å². The van der Waals surface area contributed by atoms with Crippen molar-refractivity contribution in [3.63, 3.8) is 0 Å². The fourth-order valence-electron chi connectivity index (χ4n) is 2.69. The van der Waals surface area contributed by atoms with Crippen molar-refractivity contribution < 1.29 is 9.53 Å². The third-order valence-corrected chi connectivity index (χ3v) is 4.01. The lowest BCUT2D eigenvalue weighted by Crippen LogP contribution is -2.11. The molecule has 8 nitrogen and oxygen atoms in total. The fourth-order valence-corrected chi connectivity index (χ4v) is 2.69. The fraction of sp³-hybridized carbons (Fsp3) is 0.167. The molecule has 0 spiro atoms. The van der Waals surface area contributed by atoms with Gasteiger partial charge in [0.05, 0.1) is 17.6 Å². The summed E-state index contributed by atoms with van der Waals surface area (Å²) < 4.78 is 8.77. The second-order valence-corrected chi connectivity index (χ2v) is 5.82. The minimum absolute atomic E-state index is 0.355. The topological polar surface area (TPSA) is 87.2 Å². The maximum Gasteiger partial charge on any atom is 0.344 e. The molecule has 0 aliphatic carbocycles. The quantitative estimate of drug-likeness (QED) is 0.527. The van der Waals surface area contributed by atoms with Crippen molar-refractivity contribution >= 4 is 11.6 Å². The van der Waals surface area contributed by atoms with E-state index in [9.17, 15) is 4.79 Å². The smallest absolute Gasteiger partial charge is 0.344 e. The van der Waals surface area contributed by atoms with Gasteiger partial charge >= 0.3 is 5.97 Å². The minimum atomic E-state index is -0.557. The molecule has 0 aliphatic heterocycles. The van der Waals surface area contributed by atoms with Crippen LogP contribution in [0.1, 0.15) is 34.8 Å². The molecule has 8 heteroatoms. The number of hydrogen-bond donors (Lipinski definition) is 0. The molecule has 4 aromatic rings. The van der Waals surface area contributed by atoms with Crippen molar-refractivity contribution in [1.29, 1.82) is 0 Å². The molecular weight excluding hydrogens is 332 g/mol. The first-order valence-corrected chi connectivity index (χ1v) is 8.12. The Bertz CT molecular complexity index is 1070. The van der Waals surface area contributed by atoms with Gasteiger partial charge in [0.15, 0.2) is 5.65 Å². The van der Waals surface area contributed by atoms with Crippen molar-refractivity contribution in [1.82, 2.24) is 29.6 Å². The molecular formula is C18H16N6O2. The molecule has 4 rings (SSSR count). The molecule has 3 aromatic heterocycles. The van der Waals surface area contributed by atoms with E-state index in [4.69, 9.17) is 4.74 Å². The molecule has 0 aliphatic rings. The second kappa shape index (κ2) is 6.40. The van der Waals surface area contributed by atoms with E-state index in [-0.39, 0.29) is 0 Å². The summed E-state index contributed by atoms with van der Waals surface area (Å²) in [4.78, 5) is 16.8. The highest BCUT2D eigenvalue weighted by molar-refractivity contribution is 5.97. The van der Waals surface area contributed by atoms with E-state index in [1.807, 2.05) is 30.3 Å². The van der Waals surface area contributed by atoms with Crippen LogP contribution < -0.4 is 0 Å². The van der Waals surface area contributed by atoms with E-state index in [0.29, 0.717) is 22.6 Å². The van der Waals surface area contributed by atoms with Gasteiger partial charge in [0, 0.05) is 12.4 Å². The molecule has 3 heterocycles. The van der Waals surface area contributed by atoms with E-state index < -0.39 is 12.1 Å². The number of nitrogens with zero attached hydrogens (tertiary/aromatic N) is 6. The summed E-state index contributed by atoms with van der Waals surface area (Å²) in [7, 11) is 0. The van der Waals surface area contributed by atoms with E-state index in [2.05, 4.69) is 20.4 Å². The van der Waals surface area contributed by atoms with Gasteiger partial charge in [-0.05, 0) is 32.0 Å². The lowest BCUT2D eigenvalue weighted by Gasteiger charge is -2.10. The minimum Gasteiger partial charge on any atom is -0.452 e. The summed E-state index contributed by atoms with van der Waals surface area (Å²) in [6.07, 6.45) is 4.54. The summed E-state index contributed by atoms with van der Waals surface area (Å²) in [5, 5.41) is 12.5. The summed E-state index contributed by atoms with van der Waals surface area (Å²) in [6, 6.07) is 11.4. The highest BCUT2D eigenvalue weighted by atomic mass is 16.5. The Morgan fingerprint density at radius 1 is 1.19 bits per heavy atom. The van der Waals surface area contributed by atoms with Crippen LogP contribution in [0, 0.1) is 6.92 Å². The number of hydrogen-bond acceptors (Lipinski definition) is 6. The van der Waals surface area contributed by atoms with Gasteiger partial charge in [0.1, 0.15) is 17.4 Å². The van der Waals surface area contributed by atoms with Crippen molar-refractivity contribution in [2.45, 2.75) is 20.0 Å². The van der Waals surface area contributed by atoms with Gasteiger partial charge in [-0.3, -0.25) is 0 Å². The van der Waals surface area contributed by atoms with E-state index in [1.54, 1.807) is 47.7 Å². The highest BCUT2D eigenvalue weighted by Gasteiger charge is 2.23. The Balaban J connectivity index is 1.56. The third-order valence-electron chi connectivity index (χ3n) is 4.01. The number of ether oxygens (including phenoxy) is 1. The first-order valence-electron chi connectivity index (χ1n) is 8.12. The zero-order valence-electron chi connectivity index (χ0n) is 14.3. The molecule has 0 fully saturated rings. The van der Waals surface area contributed by atoms with Crippen LogP contribution in [0.15, 0.2) is 55.0 Å². The molecule has 0 bridgehead atoms. The molecule has 1 atom stereocenters. The Kier molecular flexibility index (Phi) is 3.92. The summed E-state index contributed by atoms with van der Waals surface area (Å²) in [6.45, 7) is 3.51. The number of esters is 1. The van der Waals surface area contributed by atoms with Crippen LogP contribution in [0.3, 0.4) is 0 Å². The SMILES string of the molecule is Cc1nn2cccnc2c1C(=O)O[C@@H](C)c1cn(-c2ccccc2)nn1. The number of carbonyl (C=O) groups excluding carboxylic acids is 1. The van der Waals surface area contributed by atoms with Gasteiger partial charge in [-0.1, -0.05) is 23.4 Å². The number of para-hydroxylation sites is 1. The van der Waals surface area contributed by atoms with Gasteiger partial charge in [-0.15, -0.1) is 5.10 Å². The average Bonchev–Trinajstić information content (AvgIpc) is 3.26. The Hall–Kier alpha value is -3.55. The first-order chi connectivity index (χ1) is 12.6. The Morgan fingerprint density at radius 3 is 2.81 bits per heavy atom. The van der Waals surface area contributed by atoms with Crippen LogP contribution in [0.25, 0.3) is 11.3 Å². The highest BCUT2D eigenvalue weighted by Crippen LogP contribution is 2.20.